The second-order valence-corrected chi connectivity index (χ2v) is 4.89. The van der Waals surface area contributed by atoms with Crippen LogP contribution in [-0.4, -0.2) is 11.1 Å². The molecule has 1 aromatic rings. The van der Waals surface area contributed by atoms with E-state index in [2.05, 4.69) is 24.3 Å². The van der Waals surface area contributed by atoms with Crippen LogP contribution in [0, 0.1) is 5.41 Å². The first kappa shape index (κ1) is 13.5. The van der Waals surface area contributed by atoms with Crippen molar-refractivity contribution in [2.24, 2.45) is 5.41 Å². The Morgan fingerprint density at radius 2 is 1.94 bits per heavy atom. The van der Waals surface area contributed by atoms with Gasteiger partial charge in [-0.25, -0.2) is 0 Å². The number of allylic oxidation sites excluding steroid dienone is 1. The minimum absolute atomic E-state index is 0.611. The number of hydrogen-bond donors (Lipinski definition) is 1. The molecule has 0 bridgehead atoms. The fraction of sp³-hybridized carbons (Fsp3) is 0.400. The predicted molar refractivity (Wildman–Crippen MR) is 70.7 cm³/mol. The van der Waals surface area contributed by atoms with Crippen LogP contribution < -0.4 is 0 Å². The minimum Gasteiger partial charge on any atom is -0.481 e. The fourth-order valence-corrected chi connectivity index (χ4v) is 1.55. The minimum atomic E-state index is -0.718. The highest BCUT2D eigenvalue weighted by molar-refractivity contribution is 5.73. The molecule has 1 rings (SSSR count). The van der Waals surface area contributed by atoms with Crippen LogP contribution in [0.5, 0.6) is 0 Å². The topological polar surface area (TPSA) is 37.3 Å². The Balaban J connectivity index is 2.30. The first-order chi connectivity index (χ1) is 8.02. The lowest BCUT2D eigenvalue weighted by atomic mass is 9.87. The Hall–Kier alpha value is -1.57. The van der Waals surface area contributed by atoms with Crippen LogP contribution in [-0.2, 0) is 4.79 Å². The molecule has 1 N–H and O–H groups in total. The molecule has 0 aliphatic carbocycles. The smallest absolute Gasteiger partial charge is 0.309 e. The maximum Gasteiger partial charge on any atom is 0.309 e. The number of hydrogen-bond acceptors (Lipinski definition) is 1. The Morgan fingerprint density at radius 1 is 1.29 bits per heavy atom. The number of rotatable bonds is 6. The number of aliphatic carboxylic acids is 1. The van der Waals surface area contributed by atoms with Gasteiger partial charge in [-0.2, -0.15) is 0 Å². The Morgan fingerprint density at radius 3 is 2.53 bits per heavy atom. The lowest BCUT2D eigenvalue weighted by Gasteiger charge is -2.17. The number of unbranched alkanes of at least 4 members (excludes halogenated alkanes) is 1. The standard InChI is InChI=1S/C15H20O2/c1-15(2,14(16)17)12-8-4-7-11-13-9-5-3-6-10-13/h3,5-7,9-11H,4,8,12H2,1-2H3,(H,16,17)/b11-7+. The molecule has 0 atom stereocenters. The van der Waals surface area contributed by atoms with E-state index in [9.17, 15) is 4.79 Å². The third kappa shape index (κ3) is 4.85. The highest BCUT2D eigenvalue weighted by Gasteiger charge is 2.25. The van der Waals surface area contributed by atoms with E-state index < -0.39 is 11.4 Å². The molecule has 2 nitrogen and oxygen atoms in total. The van der Waals surface area contributed by atoms with Crippen molar-refractivity contribution in [3.05, 3.63) is 42.0 Å². The van der Waals surface area contributed by atoms with Gasteiger partial charge in [0.2, 0.25) is 0 Å². The van der Waals surface area contributed by atoms with E-state index in [1.807, 2.05) is 18.2 Å². The summed E-state index contributed by atoms with van der Waals surface area (Å²) in [6, 6.07) is 10.1. The van der Waals surface area contributed by atoms with Crippen LogP contribution in [0.1, 0.15) is 38.7 Å². The summed E-state index contributed by atoms with van der Waals surface area (Å²) in [5.41, 5.74) is 0.575. The first-order valence-electron chi connectivity index (χ1n) is 5.97. The van der Waals surface area contributed by atoms with Crippen LogP contribution in [0.4, 0.5) is 0 Å². The SMILES string of the molecule is CC(C)(CCC/C=C/c1ccccc1)C(=O)O. The highest BCUT2D eigenvalue weighted by atomic mass is 16.4. The Bertz CT molecular complexity index is 377. The molecular weight excluding hydrogens is 212 g/mol. The molecule has 0 radical (unpaired) electrons. The van der Waals surface area contributed by atoms with Crippen molar-refractivity contribution in [2.45, 2.75) is 33.1 Å². The van der Waals surface area contributed by atoms with E-state index in [4.69, 9.17) is 5.11 Å². The molecule has 0 aliphatic heterocycles. The van der Waals surface area contributed by atoms with Crippen LogP contribution >= 0.6 is 0 Å². The summed E-state index contributed by atoms with van der Waals surface area (Å²) in [7, 11) is 0. The van der Waals surface area contributed by atoms with Crippen molar-refractivity contribution in [3.63, 3.8) is 0 Å². The van der Waals surface area contributed by atoms with Crippen molar-refractivity contribution in [1.82, 2.24) is 0 Å². The number of carboxylic acids is 1. The van der Waals surface area contributed by atoms with E-state index in [1.54, 1.807) is 13.8 Å². The van der Waals surface area contributed by atoms with Gasteiger partial charge in [0.25, 0.3) is 0 Å². The molecule has 0 aliphatic rings. The van der Waals surface area contributed by atoms with Crippen LogP contribution in [0.2, 0.25) is 0 Å². The normalized spacial score (nSPS) is 11.9. The Kier molecular flexibility index (Phi) is 4.95. The van der Waals surface area contributed by atoms with E-state index >= 15 is 0 Å². The number of carbonyl (C=O) groups is 1. The molecule has 1 aromatic carbocycles. The zero-order valence-electron chi connectivity index (χ0n) is 10.5. The van der Waals surface area contributed by atoms with Gasteiger partial charge in [-0.1, -0.05) is 42.5 Å². The summed E-state index contributed by atoms with van der Waals surface area (Å²) in [6.07, 6.45) is 6.72. The largest absolute Gasteiger partial charge is 0.481 e. The fourth-order valence-electron chi connectivity index (χ4n) is 1.55. The molecule has 0 aromatic heterocycles. The summed E-state index contributed by atoms with van der Waals surface area (Å²) in [5.74, 6) is -0.718. The van der Waals surface area contributed by atoms with Gasteiger partial charge in [0.15, 0.2) is 0 Å². The molecule has 0 heterocycles. The molecule has 0 unspecified atom stereocenters. The number of carboxylic acid groups (broad SMARTS) is 1. The molecule has 0 saturated carbocycles. The molecule has 92 valence electrons. The quantitative estimate of drug-likeness (QED) is 0.753. The Labute approximate surface area is 103 Å². The molecule has 0 amide bonds. The van der Waals surface area contributed by atoms with Crippen molar-refractivity contribution >= 4 is 12.0 Å². The molecule has 0 spiro atoms. The van der Waals surface area contributed by atoms with Gasteiger partial charge in [0, 0.05) is 0 Å². The average molecular weight is 232 g/mol. The second kappa shape index (κ2) is 6.24. The third-order valence-electron chi connectivity index (χ3n) is 2.86. The van der Waals surface area contributed by atoms with Crippen molar-refractivity contribution in [2.75, 3.05) is 0 Å². The van der Waals surface area contributed by atoms with Crippen molar-refractivity contribution in [1.29, 1.82) is 0 Å². The summed E-state index contributed by atoms with van der Waals surface area (Å²) < 4.78 is 0. The highest BCUT2D eigenvalue weighted by Crippen LogP contribution is 2.23. The van der Waals surface area contributed by atoms with Gasteiger partial charge in [-0.15, -0.1) is 0 Å². The molecule has 17 heavy (non-hydrogen) atoms. The molecule has 0 fully saturated rings. The lowest BCUT2D eigenvalue weighted by molar-refractivity contribution is -0.147. The van der Waals surface area contributed by atoms with Gasteiger partial charge >= 0.3 is 5.97 Å². The van der Waals surface area contributed by atoms with E-state index in [0.717, 1.165) is 12.8 Å². The lowest BCUT2D eigenvalue weighted by Crippen LogP contribution is -2.23. The monoisotopic (exact) mass is 232 g/mol. The summed E-state index contributed by atoms with van der Waals surface area (Å²) in [6.45, 7) is 3.55. The van der Waals surface area contributed by atoms with E-state index in [1.165, 1.54) is 5.56 Å². The first-order valence-corrected chi connectivity index (χ1v) is 5.97. The number of benzene rings is 1. The van der Waals surface area contributed by atoms with Gasteiger partial charge in [0.1, 0.15) is 0 Å². The molecule has 2 heteroatoms. The summed E-state index contributed by atoms with van der Waals surface area (Å²) >= 11 is 0. The summed E-state index contributed by atoms with van der Waals surface area (Å²) in [4.78, 5) is 10.9. The van der Waals surface area contributed by atoms with E-state index in [-0.39, 0.29) is 0 Å². The zero-order valence-corrected chi connectivity index (χ0v) is 10.5. The summed E-state index contributed by atoms with van der Waals surface area (Å²) in [5, 5.41) is 8.96. The van der Waals surface area contributed by atoms with Crippen molar-refractivity contribution in [3.8, 4) is 0 Å². The van der Waals surface area contributed by atoms with Gasteiger partial charge in [-0.05, 0) is 38.7 Å². The zero-order chi connectivity index (χ0) is 12.7. The molecule has 0 saturated heterocycles. The second-order valence-electron chi connectivity index (χ2n) is 4.89. The van der Waals surface area contributed by atoms with Gasteiger partial charge in [0.05, 0.1) is 5.41 Å². The van der Waals surface area contributed by atoms with Crippen LogP contribution in [0.15, 0.2) is 36.4 Å². The van der Waals surface area contributed by atoms with Gasteiger partial charge < -0.3 is 5.11 Å². The average Bonchev–Trinajstić information content (AvgIpc) is 2.29. The van der Waals surface area contributed by atoms with Crippen molar-refractivity contribution < 1.29 is 9.90 Å². The predicted octanol–water partition coefficient (Wildman–Crippen LogP) is 3.98. The van der Waals surface area contributed by atoms with Crippen LogP contribution in [0.3, 0.4) is 0 Å². The maximum absolute atomic E-state index is 10.9. The third-order valence-corrected chi connectivity index (χ3v) is 2.86. The van der Waals surface area contributed by atoms with Crippen LogP contribution in [0.25, 0.3) is 6.08 Å². The maximum atomic E-state index is 10.9. The molecular formula is C15H20O2. The van der Waals surface area contributed by atoms with Gasteiger partial charge in [-0.3, -0.25) is 4.79 Å². The van der Waals surface area contributed by atoms with E-state index in [0.29, 0.717) is 6.42 Å².